The van der Waals surface area contributed by atoms with Gasteiger partial charge in [-0.15, -0.1) is 0 Å². The Labute approximate surface area is 104 Å². The van der Waals surface area contributed by atoms with Crippen molar-refractivity contribution in [2.45, 2.75) is 4.90 Å². The van der Waals surface area contributed by atoms with Gasteiger partial charge in [0.15, 0.2) is 0 Å². The van der Waals surface area contributed by atoms with Gasteiger partial charge in [-0.1, -0.05) is 24.3 Å². The maximum Gasteiger partial charge on any atom is 0.0178 e. The maximum absolute atomic E-state index is 2.39. The van der Waals surface area contributed by atoms with Gasteiger partial charge in [-0.3, -0.25) is 0 Å². The molecule has 1 aromatic carbocycles. The molecule has 88 valence electrons. The summed E-state index contributed by atoms with van der Waals surface area (Å²) in [4.78, 5) is 5.16. The van der Waals surface area contributed by atoms with Gasteiger partial charge in [0.1, 0.15) is 0 Å². The predicted molar refractivity (Wildman–Crippen MR) is 77.1 cm³/mol. The number of fused-ring (bicyclic) bond motifs is 3. The quantitative estimate of drug-likeness (QED) is 0.670. The van der Waals surface area contributed by atoms with Gasteiger partial charge in [0.2, 0.25) is 0 Å². The monoisotopic (exact) mass is 243 g/mol. The summed E-state index contributed by atoms with van der Waals surface area (Å²) in [6.45, 7) is 0. The number of hydrogen-bond acceptors (Lipinski definition) is 1. The standard InChI is InChI=1S/C15H17NS/c1-16-10-6-8-13-12-7-4-5-9-14(12)17(2,3)15(13)11-16/h4-11H,1-3H3. The second-order valence-corrected chi connectivity index (χ2v) is 8.44. The van der Waals surface area contributed by atoms with Gasteiger partial charge >= 0.3 is 0 Å². The minimum atomic E-state index is -0.852. The molecule has 0 aliphatic carbocycles. The van der Waals surface area contributed by atoms with Crippen molar-refractivity contribution in [3.05, 3.63) is 59.3 Å². The van der Waals surface area contributed by atoms with Crippen molar-refractivity contribution in [3.8, 4) is 0 Å². The van der Waals surface area contributed by atoms with Crippen LogP contribution in [-0.4, -0.2) is 24.5 Å². The fourth-order valence-corrected chi connectivity index (χ4v) is 5.08. The summed E-state index contributed by atoms with van der Waals surface area (Å²) < 4.78 is 0. The molecule has 0 bridgehead atoms. The van der Waals surface area contributed by atoms with E-state index in [2.05, 4.69) is 73.3 Å². The van der Waals surface area contributed by atoms with E-state index >= 15 is 0 Å². The first kappa shape index (κ1) is 10.7. The molecule has 0 amide bonds. The Bertz CT molecular complexity index is 564. The molecule has 2 aliphatic rings. The van der Waals surface area contributed by atoms with Crippen molar-refractivity contribution >= 4 is 15.6 Å². The van der Waals surface area contributed by atoms with Crippen molar-refractivity contribution in [1.82, 2.24) is 4.90 Å². The summed E-state index contributed by atoms with van der Waals surface area (Å²) >= 11 is 0. The second-order valence-electron chi connectivity index (χ2n) is 4.90. The summed E-state index contributed by atoms with van der Waals surface area (Å²) in [5.41, 5.74) is 2.82. The highest BCUT2D eigenvalue weighted by Crippen LogP contribution is 2.67. The van der Waals surface area contributed by atoms with E-state index in [-0.39, 0.29) is 0 Å². The van der Waals surface area contributed by atoms with Gasteiger partial charge in [0, 0.05) is 29.2 Å². The van der Waals surface area contributed by atoms with E-state index in [0.717, 1.165) is 0 Å². The summed E-state index contributed by atoms with van der Waals surface area (Å²) in [6, 6.07) is 8.82. The molecule has 0 unspecified atom stereocenters. The van der Waals surface area contributed by atoms with Crippen LogP contribution in [0.5, 0.6) is 0 Å². The second kappa shape index (κ2) is 3.54. The topological polar surface area (TPSA) is 3.24 Å². The molecular formula is C15H17NS. The minimum Gasteiger partial charge on any atom is -0.356 e. The van der Waals surface area contributed by atoms with Gasteiger partial charge in [0.05, 0.1) is 0 Å². The summed E-state index contributed by atoms with van der Waals surface area (Å²) in [5.74, 6) is 0. The Morgan fingerprint density at radius 1 is 1.12 bits per heavy atom. The average Bonchev–Trinajstić information content (AvgIpc) is 2.45. The first-order valence-corrected chi connectivity index (χ1v) is 8.21. The zero-order chi connectivity index (χ0) is 12.0. The molecule has 0 saturated carbocycles. The van der Waals surface area contributed by atoms with E-state index in [1.807, 2.05) is 0 Å². The van der Waals surface area contributed by atoms with Crippen LogP contribution in [0.4, 0.5) is 0 Å². The SMILES string of the molecule is CN1C=CC=C2C(=C1)S(C)(C)c1ccccc12. The lowest BCUT2D eigenvalue weighted by atomic mass is 10.1. The smallest absolute Gasteiger partial charge is 0.0178 e. The van der Waals surface area contributed by atoms with Crippen molar-refractivity contribution in [3.63, 3.8) is 0 Å². The molecule has 0 atom stereocenters. The van der Waals surface area contributed by atoms with Crippen LogP contribution in [0, 0.1) is 0 Å². The lowest BCUT2D eigenvalue weighted by Gasteiger charge is -2.29. The minimum absolute atomic E-state index is 0.852. The first-order valence-electron chi connectivity index (χ1n) is 5.76. The Morgan fingerprint density at radius 2 is 1.88 bits per heavy atom. The van der Waals surface area contributed by atoms with Crippen molar-refractivity contribution in [1.29, 1.82) is 0 Å². The summed E-state index contributed by atoms with van der Waals surface area (Å²) in [7, 11) is 1.24. The fourth-order valence-electron chi connectivity index (χ4n) is 2.54. The average molecular weight is 243 g/mol. The van der Waals surface area contributed by atoms with E-state index in [1.54, 1.807) is 0 Å². The van der Waals surface area contributed by atoms with Crippen LogP contribution in [-0.2, 0) is 0 Å². The first-order chi connectivity index (χ1) is 8.10. The van der Waals surface area contributed by atoms with Crippen molar-refractivity contribution in [2.75, 3.05) is 19.6 Å². The fraction of sp³-hybridized carbons (Fsp3) is 0.200. The molecule has 0 N–H and O–H groups in total. The number of hydrogen-bond donors (Lipinski definition) is 0. The third kappa shape index (κ3) is 1.48. The zero-order valence-corrected chi connectivity index (χ0v) is 11.3. The number of benzene rings is 1. The van der Waals surface area contributed by atoms with Crippen LogP contribution in [0.3, 0.4) is 0 Å². The van der Waals surface area contributed by atoms with E-state index in [1.165, 1.54) is 20.9 Å². The van der Waals surface area contributed by atoms with Crippen LogP contribution in [0.15, 0.2) is 58.6 Å². The largest absolute Gasteiger partial charge is 0.356 e. The van der Waals surface area contributed by atoms with Gasteiger partial charge in [-0.25, -0.2) is 0 Å². The molecule has 1 aromatic rings. The molecule has 2 heterocycles. The molecule has 3 rings (SSSR count). The van der Waals surface area contributed by atoms with Crippen LogP contribution >= 0.6 is 10.0 Å². The molecule has 0 fully saturated rings. The van der Waals surface area contributed by atoms with Gasteiger partial charge < -0.3 is 4.90 Å². The molecule has 0 saturated heterocycles. The Hall–Kier alpha value is -1.41. The van der Waals surface area contributed by atoms with Crippen molar-refractivity contribution in [2.24, 2.45) is 0 Å². The zero-order valence-electron chi connectivity index (χ0n) is 10.5. The van der Waals surface area contributed by atoms with E-state index in [0.29, 0.717) is 0 Å². The number of rotatable bonds is 0. The van der Waals surface area contributed by atoms with E-state index in [4.69, 9.17) is 0 Å². The lowest BCUT2D eigenvalue weighted by Crippen LogP contribution is -2.03. The number of nitrogens with zero attached hydrogens (tertiary/aromatic N) is 1. The summed E-state index contributed by atoms with van der Waals surface area (Å²) in [6.07, 6.45) is 13.5. The Kier molecular flexibility index (Phi) is 2.23. The molecule has 17 heavy (non-hydrogen) atoms. The number of allylic oxidation sites excluding steroid dienone is 3. The van der Waals surface area contributed by atoms with Crippen molar-refractivity contribution < 1.29 is 0 Å². The lowest BCUT2D eigenvalue weighted by molar-refractivity contribution is 0.626. The molecule has 2 heteroatoms. The molecule has 0 radical (unpaired) electrons. The summed E-state index contributed by atoms with van der Waals surface area (Å²) in [5, 5.41) is 0. The highest BCUT2D eigenvalue weighted by molar-refractivity contribution is 8.36. The Balaban J connectivity index is 2.31. The maximum atomic E-state index is 2.39. The van der Waals surface area contributed by atoms with Crippen LogP contribution in [0.25, 0.3) is 5.57 Å². The van der Waals surface area contributed by atoms with E-state index in [9.17, 15) is 0 Å². The third-order valence-electron chi connectivity index (χ3n) is 3.45. The van der Waals surface area contributed by atoms with Gasteiger partial charge in [-0.05, 0) is 35.8 Å². The Morgan fingerprint density at radius 3 is 2.71 bits per heavy atom. The van der Waals surface area contributed by atoms with Crippen LogP contribution < -0.4 is 0 Å². The molecule has 1 nitrogen and oxygen atoms in total. The van der Waals surface area contributed by atoms with Crippen LogP contribution in [0.1, 0.15) is 5.56 Å². The highest BCUT2D eigenvalue weighted by Gasteiger charge is 2.34. The van der Waals surface area contributed by atoms with Gasteiger partial charge in [-0.2, -0.15) is 10.0 Å². The normalized spacial score (nSPS) is 22.2. The molecular weight excluding hydrogens is 226 g/mol. The van der Waals surface area contributed by atoms with Gasteiger partial charge in [0.25, 0.3) is 0 Å². The molecule has 0 spiro atoms. The highest BCUT2D eigenvalue weighted by atomic mass is 32.3. The van der Waals surface area contributed by atoms with Crippen LogP contribution in [0.2, 0.25) is 0 Å². The molecule has 0 aromatic heterocycles. The molecule has 2 aliphatic heterocycles. The van der Waals surface area contributed by atoms with E-state index < -0.39 is 10.0 Å². The predicted octanol–water partition coefficient (Wildman–Crippen LogP) is 3.81. The third-order valence-corrected chi connectivity index (χ3v) is 6.33.